The van der Waals surface area contributed by atoms with Gasteiger partial charge in [-0.2, -0.15) is 0 Å². The van der Waals surface area contributed by atoms with Gasteiger partial charge in [0.2, 0.25) is 5.60 Å². The van der Waals surface area contributed by atoms with E-state index < -0.39 is 17.4 Å². The third-order valence-corrected chi connectivity index (χ3v) is 4.22. The van der Waals surface area contributed by atoms with E-state index in [1.165, 1.54) is 6.07 Å². The van der Waals surface area contributed by atoms with Gasteiger partial charge in [0.15, 0.2) is 0 Å². The van der Waals surface area contributed by atoms with Crippen LogP contribution in [-0.2, 0) is 14.4 Å². The third kappa shape index (κ3) is 3.35. The summed E-state index contributed by atoms with van der Waals surface area (Å²) in [5.74, 6) is -0.964. The summed E-state index contributed by atoms with van der Waals surface area (Å²) in [6.07, 6.45) is 3.35. The predicted octanol–water partition coefficient (Wildman–Crippen LogP) is 3.99. The number of carbonyl (C=O) groups is 1. The highest BCUT2D eigenvalue weighted by molar-refractivity contribution is 6.34. The lowest BCUT2D eigenvalue weighted by molar-refractivity contribution is -0.166. The van der Waals surface area contributed by atoms with Crippen molar-refractivity contribution in [2.24, 2.45) is 5.16 Å². The summed E-state index contributed by atoms with van der Waals surface area (Å²) >= 11 is 6.19. The van der Waals surface area contributed by atoms with Crippen molar-refractivity contribution in [2.45, 2.75) is 25.9 Å². The van der Waals surface area contributed by atoms with Crippen LogP contribution >= 0.6 is 11.6 Å². The lowest BCUT2D eigenvalue weighted by Crippen LogP contribution is -2.37. The number of hydrogen-bond donors (Lipinski definition) is 0. The molecule has 25 heavy (non-hydrogen) atoms. The van der Waals surface area contributed by atoms with Crippen molar-refractivity contribution in [1.29, 1.82) is 0 Å². The molecule has 0 fully saturated rings. The smallest absolute Gasteiger partial charge is 0.353 e. The van der Waals surface area contributed by atoms with E-state index in [9.17, 15) is 9.18 Å². The molecule has 0 bridgehead atoms. The lowest BCUT2D eigenvalue weighted by atomic mass is 9.94. The van der Waals surface area contributed by atoms with Gasteiger partial charge in [0, 0.05) is 35.5 Å². The van der Waals surface area contributed by atoms with Crippen LogP contribution < -0.4 is 0 Å². The van der Waals surface area contributed by atoms with Gasteiger partial charge in [-0.05, 0) is 32.0 Å². The fraction of sp³-hybridized carbons (Fsp3) is 0.278. The molecule has 130 valence electrons. The van der Waals surface area contributed by atoms with Crippen molar-refractivity contribution in [1.82, 2.24) is 4.98 Å². The molecule has 1 aliphatic rings. The maximum atomic E-state index is 14.3. The maximum absolute atomic E-state index is 14.3. The first-order chi connectivity index (χ1) is 11.9. The molecule has 0 saturated heterocycles. The molecule has 0 aliphatic carbocycles. The molecule has 2 heterocycles. The average molecular weight is 363 g/mol. The molecule has 1 aliphatic heterocycles. The Morgan fingerprint density at radius 1 is 1.44 bits per heavy atom. The average Bonchev–Trinajstić information content (AvgIpc) is 2.99. The number of carbonyl (C=O) groups excluding carboxylic acids is 1. The van der Waals surface area contributed by atoms with Gasteiger partial charge in [0.25, 0.3) is 0 Å². The molecule has 3 rings (SSSR count). The van der Waals surface area contributed by atoms with Gasteiger partial charge < -0.3 is 9.57 Å². The van der Waals surface area contributed by atoms with Gasteiger partial charge in [-0.3, -0.25) is 4.98 Å². The zero-order valence-electron chi connectivity index (χ0n) is 13.8. The summed E-state index contributed by atoms with van der Waals surface area (Å²) in [5.41, 5.74) is 0.725. The summed E-state index contributed by atoms with van der Waals surface area (Å²) < 4.78 is 19.3. The standard InChI is InChI=1S/C18H16ClFN2O3/c1-3-24-17(23)18(2)9-16(22-25-18)13-7-12(15(20)8-14(13)19)11-5-4-6-21-10-11/h4-8,10H,3,9H2,1-2H3. The minimum absolute atomic E-state index is 0.184. The first-order valence-electron chi connectivity index (χ1n) is 7.76. The zero-order valence-corrected chi connectivity index (χ0v) is 14.5. The quantitative estimate of drug-likeness (QED) is 0.772. The number of rotatable bonds is 4. The summed E-state index contributed by atoms with van der Waals surface area (Å²) in [7, 11) is 0. The Kier molecular flexibility index (Phi) is 4.72. The van der Waals surface area contributed by atoms with Crippen LogP contribution in [0.25, 0.3) is 11.1 Å². The molecular formula is C18H16ClFN2O3. The van der Waals surface area contributed by atoms with Crippen molar-refractivity contribution in [2.75, 3.05) is 6.61 Å². The largest absolute Gasteiger partial charge is 0.463 e. The number of nitrogens with zero attached hydrogens (tertiary/aromatic N) is 2. The number of halogens is 2. The monoisotopic (exact) mass is 362 g/mol. The molecule has 1 aromatic heterocycles. The molecule has 0 amide bonds. The highest BCUT2D eigenvalue weighted by atomic mass is 35.5. The van der Waals surface area contributed by atoms with Gasteiger partial charge in [-0.25, -0.2) is 9.18 Å². The summed E-state index contributed by atoms with van der Waals surface area (Å²) in [6.45, 7) is 3.56. The molecule has 0 radical (unpaired) electrons. The second-order valence-electron chi connectivity index (χ2n) is 5.81. The lowest BCUT2D eigenvalue weighted by Gasteiger charge is -2.18. The van der Waals surface area contributed by atoms with Crippen LogP contribution in [0.15, 0.2) is 41.8 Å². The molecule has 7 heteroatoms. The number of ether oxygens (including phenoxy) is 1. The zero-order chi connectivity index (χ0) is 18.0. The normalized spacial score (nSPS) is 19.3. The molecule has 1 atom stereocenters. The Morgan fingerprint density at radius 3 is 2.92 bits per heavy atom. The fourth-order valence-electron chi connectivity index (χ4n) is 2.59. The Bertz CT molecular complexity index is 842. The maximum Gasteiger partial charge on any atom is 0.353 e. The van der Waals surface area contributed by atoms with Crippen LogP contribution in [0.3, 0.4) is 0 Å². The van der Waals surface area contributed by atoms with Gasteiger partial charge >= 0.3 is 5.97 Å². The second kappa shape index (κ2) is 6.80. The van der Waals surface area contributed by atoms with E-state index in [0.717, 1.165) is 0 Å². The predicted molar refractivity (Wildman–Crippen MR) is 91.9 cm³/mol. The number of esters is 1. The van der Waals surface area contributed by atoms with E-state index in [1.807, 2.05) is 0 Å². The third-order valence-electron chi connectivity index (χ3n) is 3.91. The van der Waals surface area contributed by atoms with E-state index in [-0.39, 0.29) is 18.1 Å². The van der Waals surface area contributed by atoms with Crippen LogP contribution in [0.4, 0.5) is 4.39 Å². The molecule has 1 aromatic carbocycles. The Labute approximate surface area is 149 Å². The van der Waals surface area contributed by atoms with Gasteiger partial charge in [-0.1, -0.05) is 22.8 Å². The van der Waals surface area contributed by atoms with Crippen LogP contribution in [-0.4, -0.2) is 28.9 Å². The van der Waals surface area contributed by atoms with Crippen LogP contribution in [0.1, 0.15) is 25.8 Å². The minimum atomic E-state index is -1.21. The number of benzene rings is 1. The van der Waals surface area contributed by atoms with E-state index in [0.29, 0.717) is 22.4 Å². The highest BCUT2D eigenvalue weighted by Crippen LogP contribution is 2.34. The van der Waals surface area contributed by atoms with Crippen molar-refractivity contribution >= 4 is 23.3 Å². The van der Waals surface area contributed by atoms with Gasteiger partial charge in [0.1, 0.15) is 5.82 Å². The van der Waals surface area contributed by atoms with E-state index >= 15 is 0 Å². The summed E-state index contributed by atoms with van der Waals surface area (Å²) in [4.78, 5) is 21.4. The van der Waals surface area contributed by atoms with Crippen LogP contribution in [0, 0.1) is 5.82 Å². The first kappa shape index (κ1) is 17.4. The Balaban J connectivity index is 1.95. The van der Waals surface area contributed by atoms with E-state index in [2.05, 4.69) is 10.1 Å². The number of aromatic nitrogens is 1. The van der Waals surface area contributed by atoms with Crippen molar-refractivity contribution in [3.8, 4) is 11.1 Å². The molecule has 0 N–H and O–H groups in total. The van der Waals surface area contributed by atoms with Crippen molar-refractivity contribution < 1.29 is 18.8 Å². The Hall–Kier alpha value is -2.47. The number of pyridine rings is 1. The fourth-order valence-corrected chi connectivity index (χ4v) is 2.85. The van der Waals surface area contributed by atoms with Crippen molar-refractivity contribution in [3.63, 3.8) is 0 Å². The van der Waals surface area contributed by atoms with Gasteiger partial charge in [-0.15, -0.1) is 0 Å². The molecule has 5 nitrogen and oxygen atoms in total. The van der Waals surface area contributed by atoms with E-state index in [4.69, 9.17) is 21.2 Å². The molecular weight excluding hydrogens is 347 g/mol. The number of oxime groups is 1. The van der Waals surface area contributed by atoms with Crippen molar-refractivity contribution in [3.05, 3.63) is 53.1 Å². The molecule has 0 spiro atoms. The van der Waals surface area contributed by atoms with E-state index in [1.54, 1.807) is 44.4 Å². The van der Waals surface area contributed by atoms with Gasteiger partial charge in [0.05, 0.1) is 17.3 Å². The molecule has 0 saturated carbocycles. The molecule has 1 unspecified atom stereocenters. The highest BCUT2D eigenvalue weighted by Gasteiger charge is 2.44. The minimum Gasteiger partial charge on any atom is -0.463 e. The second-order valence-corrected chi connectivity index (χ2v) is 6.22. The SMILES string of the molecule is CCOC(=O)C1(C)CC(c2cc(-c3cccnc3)c(F)cc2Cl)=NO1. The molecule has 2 aromatic rings. The number of hydrogen-bond acceptors (Lipinski definition) is 5. The summed E-state index contributed by atoms with van der Waals surface area (Å²) in [6, 6.07) is 6.28. The first-order valence-corrected chi connectivity index (χ1v) is 8.14. The summed E-state index contributed by atoms with van der Waals surface area (Å²) in [5, 5.41) is 4.18. The van der Waals surface area contributed by atoms with Crippen LogP contribution in [0.5, 0.6) is 0 Å². The topological polar surface area (TPSA) is 60.8 Å². The van der Waals surface area contributed by atoms with Crippen LogP contribution in [0.2, 0.25) is 5.02 Å². The Morgan fingerprint density at radius 2 is 2.24 bits per heavy atom.